The summed E-state index contributed by atoms with van der Waals surface area (Å²) in [5.41, 5.74) is 9.24. The molecule has 0 saturated carbocycles. The molecule has 2 aliphatic heterocycles. The van der Waals surface area contributed by atoms with Gasteiger partial charge in [-0.25, -0.2) is 4.79 Å². The lowest BCUT2D eigenvalue weighted by molar-refractivity contribution is 0.0370. The van der Waals surface area contributed by atoms with Gasteiger partial charge in [-0.1, -0.05) is 6.07 Å². The molecule has 10 nitrogen and oxygen atoms in total. The van der Waals surface area contributed by atoms with Crippen LogP contribution in [0, 0.1) is 0 Å². The molecule has 0 radical (unpaired) electrons. The number of thiophene rings is 1. The van der Waals surface area contributed by atoms with Crippen LogP contribution in [0.4, 0.5) is 16.2 Å². The van der Waals surface area contributed by atoms with Crippen LogP contribution in [-0.2, 0) is 17.7 Å². The van der Waals surface area contributed by atoms with Crippen LogP contribution in [0.5, 0.6) is 11.5 Å². The molecule has 0 unspecified atom stereocenters. The van der Waals surface area contributed by atoms with Crippen LogP contribution in [0.15, 0.2) is 47.3 Å². The van der Waals surface area contributed by atoms with Gasteiger partial charge >= 0.3 is 6.03 Å². The number of carbonyl (C=O) groups excluding carboxylic acids is 2. The molecule has 1 fully saturated rings. The molecular weight excluding hydrogens is 530 g/mol. The van der Waals surface area contributed by atoms with Crippen molar-refractivity contribution >= 4 is 34.5 Å². The Hall–Kier alpha value is -3.67. The van der Waals surface area contributed by atoms with Crippen molar-refractivity contribution in [2.24, 2.45) is 0 Å². The fourth-order valence-corrected chi connectivity index (χ4v) is 5.43. The van der Waals surface area contributed by atoms with Crippen molar-refractivity contribution in [3.05, 3.63) is 64.1 Å². The van der Waals surface area contributed by atoms with Gasteiger partial charge in [-0.2, -0.15) is 0 Å². The van der Waals surface area contributed by atoms with E-state index in [1.54, 1.807) is 29.3 Å². The largest absolute Gasteiger partial charge is 0.486 e. The van der Waals surface area contributed by atoms with Gasteiger partial charge in [0.25, 0.3) is 0 Å². The standard InChI is InChI=1S/C29H35N5O5S/c30-24-20-40-19-22(24)15-26(35)25-5-3-21(17-31-25)18-34(8-2-1-7-33-9-11-37-12-10-33)29(36)32-23-4-6-27-28(16-23)39-14-13-38-27/h3-6,16-17,19-20H,1-2,7-15,18,30H2,(H,32,36). The number of carbonyl (C=O) groups is 2. The maximum atomic E-state index is 13.4. The number of hydrogen-bond donors (Lipinski definition) is 2. The molecule has 2 amide bonds. The Kier molecular flexibility index (Phi) is 9.48. The highest BCUT2D eigenvalue weighted by Crippen LogP contribution is 2.32. The highest BCUT2D eigenvalue weighted by atomic mass is 32.1. The summed E-state index contributed by atoms with van der Waals surface area (Å²) in [6.45, 7) is 6.36. The van der Waals surface area contributed by atoms with Gasteiger partial charge in [0, 0.05) is 61.6 Å². The number of anilines is 2. The fraction of sp³-hybridized carbons (Fsp3) is 0.414. The molecule has 2 aromatic heterocycles. The lowest BCUT2D eigenvalue weighted by Gasteiger charge is -2.27. The Morgan fingerprint density at radius 1 is 1.02 bits per heavy atom. The van der Waals surface area contributed by atoms with E-state index in [-0.39, 0.29) is 18.2 Å². The summed E-state index contributed by atoms with van der Waals surface area (Å²) in [5, 5.41) is 6.71. The number of nitrogens with two attached hydrogens (primary N) is 1. The van der Waals surface area contributed by atoms with E-state index >= 15 is 0 Å². The number of rotatable bonds is 11. The Balaban J connectivity index is 1.22. The monoisotopic (exact) mass is 565 g/mol. The second-order valence-electron chi connectivity index (χ2n) is 9.88. The summed E-state index contributed by atoms with van der Waals surface area (Å²) >= 11 is 1.48. The van der Waals surface area contributed by atoms with Gasteiger partial charge in [-0.15, -0.1) is 11.3 Å². The number of morpholine rings is 1. The van der Waals surface area contributed by atoms with Gasteiger partial charge in [0.15, 0.2) is 17.3 Å². The molecule has 3 aromatic rings. The number of hydrogen-bond acceptors (Lipinski definition) is 9. The highest BCUT2D eigenvalue weighted by Gasteiger charge is 2.18. The van der Waals surface area contributed by atoms with E-state index in [0.29, 0.717) is 54.9 Å². The molecule has 11 heteroatoms. The normalized spacial score (nSPS) is 15.0. The van der Waals surface area contributed by atoms with E-state index in [9.17, 15) is 9.59 Å². The second kappa shape index (κ2) is 13.6. The Bertz CT molecular complexity index is 1290. The highest BCUT2D eigenvalue weighted by molar-refractivity contribution is 7.08. The van der Waals surface area contributed by atoms with Gasteiger partial charge < -0.3 is 30.2 Å². The predicted octanol–water partition coefficient (Wildman–Crippen LogP) is 4.07. The number of nitrogens with one attached hydrogen (secondary N) is 1. The molecule has 1 saturated heterocycles. The van der Waals surface area contributed by atoms with Gasteiger partial charge in [0.2, 0.25) is 0 Å². The van der Waals surface area contributed by atoms with E-state index in [4.69, 9.17) is 19.9 Å². The first kappa shape index (κ1) is 27.9. The molecule has 5 rings (SSSR count). The number of amides is 2. The minimum atomic E-state index is -0.212. The Labute approximate surface area is 238 Å². The maximum absolute atomic E-state index is 13.4. The lowest BCUT2D eigenvalue weighted by Crippen LogP contribution is -2.38. The zero-order valence-corrected chi connectivity index (χ0v) is 23.3. The van der Waals surface area contributed by atoms with Gasteiger partial charge in [-0.05, 0) is 54.1 Å². The zero-order chi connectivity index (χ0) is 27.7. The van der Waals surface area contributed by atoms with Crippen molar-refractivity contribution in [2.75, 3.05) is 63.7 Å². The molecule has 212 valence electrons. The molecule has 0 atom stereocenters. The van der Waals surface area contributed by atoms with Crippen molar-refractivity contribution in [3.63, 3.8) is 0 Å². The molecule has 2 aliphatic rings. The SMILES string of the molecule is Nc1cscc1CC(=O)c1ccc(CN(CCCCN2CCOCC2)C(=O)Nc2ccc3c(c2)OCCO3)cn1. The Morgan fingerprint density at radius 3 is 2.60 bits per heavy atom. The zero-order valence-electron chi connectivity index (χ0n) is 22.5. The van der Waals surface area contributed by atoms with E-state index in [0.717, 1.165) is 56.8 Å². The van der Waals surface area contributed by atoms with Crippen LogP contribution in [-0.4, -0.2) is 79.2 Å². The molecule has 0 spiro atoms. The number of Topliss-reactive ketones (excluding diaryl/α,β-unsaturated/α-hetero) is 1. The summed E-state index contributed by atoms with van der Waals surface area (Å²) in [5.74, 6) is 1.20. The van der Waals surface area contributed by atoms with Crippen LogP contribution in [0.1, 0.15) is 34.5 Å². The molecule has 0 aliphatic carbocycles. The first-order chi connectivity index (χ1) is 19.5. The first-order valence-electron chi connectivity index (χ1n) is 13.6. The summed E-state index contributed by atoms with van der Waals surface area (Å²) in [7, 11) is 0. The van der Waals surface area contributed by atoms with Crippen LogP contribution in [0.3, 0.4) is 0 Å². The average molecular weight is 566 g/mol. The maximum Gasteiger partial charge on any atom is 0.322 e. The van der Waals surface area contributed by atoms with Crippen LogP contribution in [0.2, 0.25) is 0 Å². The smallest absolute Gasteiger partial charge is 0.322 e. The number of benzene rings is 1. The number of nitrogen functional groups attached to an aromatic ring is 1. The molecule has 1 aromatic carbocycles. The predicted molar refractivity (Wildman–Crippen MR) is 154 cm³/mol. The van der Waals surface area contributed by atoms with Crippen molar-refractivity contribution < 1.29 is 23.8 Å². The molecule has 40 heavy (non-hydrogen) atoms. The molecule has 0 bridgehead atoms. The lowest BCUT2D eigenvalue weighted by atomic mass is 10.1. The number of nitrogens with zero attached hydrogens (tertiary/aromatic N) is 3. The third-order valence-electron chi connectivity index (χ3n) is 6.95. The average Bonchev–Trinajstić information content (AvgIpc) is 3.39. The van der Waals surface area contributed by atoms with Crippen molar-refractivity contribution in [3.8, 4) is 11.5 Å². The van der Waals surface area contributed by atoms with Crippen molar-refractivity contribution in [1.82, 2.24) is 14.8 Å². The quantitative estimate of drug-likeness (QED) is 0.264. The summed E-state index contributed by atoms with van der Waals surface area (Å²) in [4.78, 5) is 34.7. The third kappa shape index (κ3) is 7.50. The van der Waals surface area contributed by atoms with E-state index in [1.165, 1.54) is 11.3 Å². The minimum absolute atomic E-state index is 0.0898. The van der Waals surface area contributed by atoms with E-state index in [1.807, 2.05) is 22.9 Å². The number of ketones is 1. The van der Waals surface area contributed by atoms with Crippen molar-refractivity contribution in [2.45, 2.75) is 25.8 Å². The topological polar surface area (TPSA) is 119 Å². The van der Waals surface area contributed by atoms with E-state index in [2.05, 4.69) is 15.2 Å². The second-order valence-corrected chi connectivity index (χ2v) is 10.6. The summed E-state index contributed by atoms with van der Waals surface area (Å²) < 4.78 is 16.7. The van der Waals surface area contributed by atoms with Crippen LogP contribution in [0.25, 0.3) is 0 Å². The molecule has 4 heterocycles. The van der Waals surface area contributed by atoms with Gasteiger partial charge in [-0.3, -0.25) is 14.7 Å². The van der Waals surface area contributed by atoms with Gasteiger partial charge in [0.1, 0.15) is 18.9 Å². The summed E-state index contributed by atoms with van der Waals surface area (Å²) in [6.07, 6.45) is 3.72. The molecule has 3 N–H and O–H groups in total. The number of pyridine rings is 1. The number of aromatic nitrogens is 1. The number of ether oxygens (including phenoxy) is 3. The van der Waals surface area contributed by atoms with Crippen LogP contribution >= 0.6 is 11.3 Å². The first-order valence-corrected chi connectivity index (χ1v) is 14.5. The van der Waals surface area contributed by atoms with Crippen molar-refractivity contribution in [1.29, 1.82) is 0 Å². The molecular formula is C29H35N5O5S. The number of fused-ring (bicyclic) bond motifs is 1. The minimum Gasteiger partial charge on any atom is -0.486 e. The van der Waals surface area contributed by atoms with E-state index < -0.39 is 0 Å². The van der Waals surface area contributed by atoms with Gasteiger partial charge in [0.05, 0.1) is 13.2 Å². The number of urea groups is 1. The third-order valence-corrected chi connectivity index (χ3v) is 7.76. The number of unbranched alkanes of at least 4 members (excludes halogenated alkanes) is 1. The Morgan fingerprint density at radius 2 is 1.85 bits per heavy atom. The van der Waals surface area contributed by atoms with Crippen LogP contribution < -0.4 is 20.5 Å². The summed E-state index contributed by atoms with van der Waals surface area (Å²) in [6, 6.07) is 8.76. The fourth-order valence-electron chi connectivity index (χ4n) is 4.68.